The number of anilines is 2. The molecule has 3 aromatic rings. The number of hydrogen-bond donors (Lipinski definition) is 1. The van der Waals surface area contributed by atoms with E-state index in [1.54, 1.807) is 25.3 Å². The van der Waals surface area contributed by atoms with Gasteiger partial charge in [0.2, 0.25) is 21.1 Å². The Bertz CT molecular complexity index is 1140. The molecule has 10 heteroatoms. The summed E-state index contributed by atoms with van der Waals surface area (Å²) in [5, 5.41) is 11.7. The van der Waals surface area contributed by atoms with Crippen LogP contribution in [0.1, 0.15) is 12.5 Å². The average Bonchev–Trinajstić information content (AvgIpc) is 3.15. The van der Waals surface area contributed by atoms with E-state index in [1.165, 1.54) is 18.3 Å². The first-order chi connectivity index (χ1) is 14.2. The lowest BCUT2D eigenvalue weighted by Gasteiger charge is -2.28. The molecular weight excluding hydrogens is 424 g/mol. The van der Waals surface area contributed by atoms with Crippen molar-refractivity contribution in [3.63, 3.8) is 0 Å². The highest BCUT2D eigenvalue weighted by Crippen LogP contribution is 2.28. The summed E-state index contributed by atoms with van der Waals surface area (Å²) in [5.74, 6) is 0.224. The first-order valence-electron chi connectivity index (χ1n) is 9.04. The molecule has 0 spiro atoms. The molecule has 0 saturated heterocycles. The van der Waals surface area contributed by atoms with Gasteiger partial charge in [-0.05, 0) is 55.8 Å². The Kier molecular flexibility index (Phi) is 6.37. The number of nitrogens with zero attached hydrogens (tertiary/aromatic N) is 3. The van der Waals surface area contributed by atoms with Crippen molar-refractivity contribution in [3.05, 3.63) is 54.1 Å². The molecule has 0 radical (unpaired) electrons. The smallest absolute Gasteiger partial charge is 0.249 e. The van der Waals surface area contributed by atoms with Crippen molar-refractivity contribution in [2.24, 2.45) is 0 Å². The van der Waals surface area contributed by atoms with E-state index in [9.17, 15) is 13.2 Å². The topological polar surface area (TPSA) is 101 Å². The van der Waals surface area contributed by atoms with Crippen molar-refractivity contribution in [1.82, 2.24) is 10.2 Å². The van der Waals surface area contributed by atoms with Crippen LogP contribution in [0.5, 0.6) is 5.75 Å². The van der Waals surface area contributed by atoms with Crippen molar-refractivity contribution in [3.8, 4) is 16.3 Å². The normalized spacial score (nSPS) is 12.3. The van der Waals surface area contributed by atoms with Gasteiger partial charge in [-0.3, -0.25) is 14.4 Å². The van der Waals surface area contributed by atoms with Gasteiger partial charge < -0.3 is 4.74 Å². The third-order valence-corrected chi connectivity index (χ3v) is 6.47. The van der Waals surface area contributed by atoms with Gasteiger partial charge in [0.15, 0.2) is 0 Å². The Morgan fingerprint density at radius 3 is 2.47 bits per heavy atom. The number of sulfonamides is 1. The van der Waals surface area contributed by atoms with Crippen molar-refractivity contribution in [2.75, 3.05) is 23.0 Å². The molecule has 1 aromatic heterocycles. The molecule has 1 N–H and O–H groups in total. The second-order valence-electron chi connectivity index (χ2n) is 6.70. The molecule has 0 aliphatic rings. The van der Waals surface area contributed by atoms with Crippen LogP contribution in [0.25, 0.3) is 10.6 Å². The van der Waals surface area contributed by atoms with Gasteiger partial charge in [-0.2, -0.15) is 0 Å². The first kappa shape index (κ1) is 21.7. The molecule has 1 amide bonds. The molecule has 0 bridgehead atoms. The SMILES string of the molecule is COc1ccc(-c2nnc(NC(=O)[C@H](C)N(c3cccc(C)c3)S(C)(=O)=O)s2)cc1. The number of carbonyl (C=O) groups is 1. The van der Waals surface area contributed by atoms with E-state index in [-0.39, 0.29) is 5.13 Å². The minimum absolute atomic E-state index is 0.287. The fourth-order valence-electron chi connectivity index (χ4n) is 2.91. The van der Waals surface area contributed by atoms with Gasteiger partial charge in [-0.25, -0.2) is 8.42 Å². The van der Waals surface area contributed by atoms with E-state index < -0.39 is 22.0 Å². The Hall–Kier alpha value is -2.98. The van der Waals surface area contributed by atoms with Crippen LogP contribution in [0.4, 0.5) is 10.8 Å². The van der Waals surface area contributed by atoms with Gasteiger partial charge in [0.25, 0.3) is 0 Å². The van der Waals surface area contributed by atoms with E-state index in [2.05, 4.69) is 15.5 Å². The van der Waals surface area contributed by atoms with Crippen molar-refractivity contribution in [2.45, 2.75) is 19.9 Å². The lowest BCUT2D eigenvalue weighted by Crippen LogP contribution is -2.45. The third kappa shape index (κ3) is 4.95. The minimum atomic E-state index is -3.69. The molecule has 2 aromatic carbocycles. The van der Waals surface area contributed by atoms with Crippen LogP contribution in [0, 0.1) is 6.92 Å². The van der Waals surface area contributed by atoms with E-state index in [4.69, 9.17) is 4.74 Å². The number of carbonyl (C=O) groups excluding carboxylic acids is 1. The molecule has 0 fully saturated rings. The Morgan fingerprint density at radius 1 is 1.17 bits per heavy atom. The quantitative estimate of drug-likeness (QED) is 0.597. The lowest BCUT2D eigenvalue weighted by molar-refractivity contribution is -0.116. The molecule has 158 valence electrons. The van der Waals surface area contributed by atoms with Crippen LogP contribution < -0.4 is 14.4 Å². The van der Waals surface area contributed by atoms with Gasteiger partial charge in [-0.1, -0.05) is 23.5 Å². The molecule has 30 heavy (non-hydrogen) atoms. The minimum Gasteiger partial charge on any atom is -0.497 e. The zero-order valence-electron chi connectivity index (χ0n) is 17.0. The summed E-state index contributed by atoms with van der Waals surface area (Å²) in [6.07, 6.45) is 1.08. The molecule has 1 heterocycles. The molecule has 0 aliphatic heterocycles. The van der Waals surface area contributed by atoms with Crippen molar-refractivity contribution >= 4 is 38.1 Å². The lowest BCUT2D eigenvalue weighted by atomic mass is 10.2. The Morgan fingerprint density at radius 2 is 1.87 bits per heavy atom. The number of aryl methyl sites for hydroxylation is 1. The maximum Gasteiger partial charge on any atom is 0.249 e. The van der Waals surface area contributed by atoms with Crippen LogP contribution in [-0.4, -0.2) is 43.9 Å². The maximum absolute atomic E-state index is 12.8. The largest absolute Gasteiger partial charge is 0.497 e. The van der Waals surface area contributed by atoms with E-state index in [0.717, 1.165) is 27.4 Å². The summed E-state index contributed by atoms with van der Waals surface area (Å²) in [5.41, 5.74) is 2.15. The van der Waals surface area contributed by atoms with Crippen LogP contribution in [0.2, 0.25) is 0 Å². The van der Waals surface area contributed by atoms with Crippen LogP contribution >= 0.6 is 11.3 Å². The average molecular weight is 447 g/mol. The van der Waals surface area contributed by atoms with Crippen molar-refractivity contribution in [1.29, 1.82) is 0 Å². The zero-order valence-corrected chi connectivity index (χ0v) is 18.6. The molecule has 0 saturated carbocycles. The number of nitrogens with one attached hydrogen (secondary N) is 1. The predicted molar refractivity (Wildman–Crippen MR) is 118 cm³/mol. The second-order valence-corrected chi connectivity index (χ2v) is 9.54. The number of aromatic nitrogens is 2. The highest BCUT2D eigenvalue weighted by molar-refractivity contribution is 7.92. The number of rotatable bonds is 7. The molecule has 0 aliphatic carbocycles. The monoisotopic (exact) mass is 446 g/mol. The molecule has 8 nitrogen and oxygen atoms in total. The van der Waals surface area contributed by atoms with Crippen LogP contribution in [0.15, 0.2) is 48.5 Å². The summed E-state index contributed by atoms with van der Waals surface area (Å²) < 4.78 is 31.0. The molecule has 1 atom stereocenters. The predicted octanol–water partition coefficient (Wildman–Crippen LogP) is 3.32. The highest BCUT2D eigenvalue weighted by Gasteiger charge is 2.29. The second kappa shape index (κ2) is 8.80. The molecule has 3 rings (SSSR count). The molecule has 0 unspecified atom stereocenters. The summed E-state index contributed by atoms with van der Waals surface area (Å²) >= 11 is 1.20. The van der Waals surface area contributed by atoms with Gasteiger partial charge in [0, 0.05) is 5.56 Å². The maximum atomic E-state index is 12.8. The van der Waals surface area contributed by atoms with Gasteiger partial charge in [-0.15, -0.1) is 10.2 Å². The standard InChI is InChI=1S/C20H22N4O4S2/c1-13-6-5-7-16(12-13)24(30(4,26)27)14(2)18(25)21-20-23-22-19(29-20)15-8-10-17(28-3)11-9-15/h5-12,14H,1-4H3,(H,21,23,25)/t14-/m0/s1. The first-order valence-corrected chi connectivity index (χ1v) is 11.7. The number of ether oxygens (including phenoxy) is 1. The van der Waals surface area contributed by atoms with E-state index in [0.29, 0.717) is 10.7 Å². The summed E-state index contributed by atoms with van der Waals surface area (Å²) in [7, 11) is -2.10. The fraction of sp³-hybridized carbons (Fsp3) is 0.250. The number of hydrogen-bond acceptors (Lipinski definition) is 7. The zero-order chi connectivity index (χ0) is 21.9. The van der Waals surface area contributed by atoms with E-state index in [1.807, 2.05) is 37.3 Å². The van der Waals surface area contributed by atoms with E-state index >= 15 is 0 Å². The number of benzene rings is 2. The summed E-state index contributed by atoms with van der Waals surface area (Å²) in [6.45, 7) is 3.39. The Balaban J connectivity index is 1.79. The number of amides is 1. The molecular formula is C20H22N4O4S2. The Labute approximate surface area is 179 Å². The van der Waals surface area contributed by atoms with Gasteiger partial charge in [0.05, 0.1) is 19.1 Å². The third-order valence-electron chi connectivity index (χ3n) is 4.34. The highest BCUT2D eigenvalue weighted by atomic mass is 32.2. The number of methoxy groups -OCH3 is 1. The summed E-state index contributed by atoms with van der Waals surface area (Å²) in [6, 6.07) is 13.3. The van der Waals surface area contributed by atoms with Crippen LogP contribution in [-0.2, 0) is 14.8 Å². The van der Waals surface area contributed by atoms with Crippen LogP contribution in [0.3, 0.4) is 0 Å². The van der Waals surface area contributed by atoms with Gasteiger partial charge in [0.1, 0.15) is 16.8 Å². The van der Waals surface area contributed by atoms with Gasteiger partial charge >= 0.3 is 0 Å². The summed E-state index contributed by atoms with van der Waals surface area (Å²) in [4.78, 5) is 12.8. The fourth-order valence-corrected chi connectivity index (χ4v) is 4.83. The van der Waals surface area contributed by atoms with Crippen molar-refractivity contribution < 1.29 is 17.9 Å².